The fourth-order valence-corrected chi connectivity index (χ4v) is 1.57. The summed E-state index contributed by atoms with van der Waals surface area (Å²) in [6.45, 7) is 4.20. The lowest BCUT2D eigenvalue weighted by atomic mass is 10.2. The first-order valence-corrected chi connectivity index (χ1v) is 5.60. The second kappa shape index (κ2) is 5.05. The van der Waals surface area contributed by atoms with E-state index in [1.54, 1.807) is 6.92 Å². The molecule has 2 aromatic rings. The van der Waals surface area contributed by atoms with Crippen LogP contribution in [0.1, 0.15) is 25.8 Å². The minimum atomic E-state index is -0.305. The molecule has 0 saturated heterocycles. The zero-order valence-electron chi connectivity index (χ0n) is 10.1. The molecule has 1 aromatic heterocycles. The zero-order valence-corrected chi connectivity index (χ0v) is 10.1. The summed E-state index contributed by atoms with van der Waals surface area (Å²) in [7, 11) is 0. The molecule has 0 fully saturated rings. The quantitative estimate of drug-likeness (QED) is 0.865. The summed E-state index contributed by atoms with van der Waals surface area (Å²) in [5.74, 6) is 0.199. The van der Waals surface area contributed by atoms with Gasteiger partial charge in [0.1, 0.15) is 23.2 Å². The number of phenolic OH excluding ortho intramolecular Hbond substituents is 2. The Bertz CT molecular complexity index is 518. The number of hydrogen-bond acceptors (Lipinski definition) is 6. The Hall–Kier alpha value is -2.08. The number of nitrogens with zero attached hydrogens (tertiary/aromatic N) is 2. The third kappa shape index (κ3) is 2.28. The van der Waals surface area contributed by atoms with Crippen molar-refractivity contribution in [2.75, 3.05) is 6.61 Å². The van der Waals surface area contributed by atoms with E-state index in [4.69, 9.17) is 9.26 Å². The molecule has 2 rings (SSSR count). The number of aromatic nitrogens is 2. The summed E-state index contributed by atoms with van der Waals surface area (Å²) in [4.78, 5) is 4.10. The Morgan fingerprint density at radius 2 is 2.00 bits per heavy atom. The number of rotatable bonds is 4. The molecule has 2 N–H and O–H groups in total. The van der Waals surface area contributed by atoms with Crippen LogP contribution < -0.4 is 0 Å². The van der Waals surface area contributed by atoms with Gasteiger partial charge in [-0.15, -0.1) is 0 Å². The standard InChI is InChI=1S/C12H14N2O4/c1-3-17-7(2)11-13-12(18-14-11)10-8(15)5-4-6-9(10)16/h4-7,15-16H,3H2,1-2H3. The zero-order chi connectivity index (χ0) is 13.1. The average Bonchev–Trinajstić information content (AvgIpc) is 2.78. The summed E-state index contributed by atoms with van der Waals surface area (Å²) in [5.41, 5.74) is 0.125. The molecule has 0 radical (unpaired) electrons. The molecule has 0 aliphatic rings. The summed E-state index contributed by atoms with van der Waals surface area (Å²) in [6, 6.07) is 4.39. The highest BCUT2D eigenvalue weighted by Gasteiger charge is 2.19. The number of benzene rings is 1. The molecule has 1 unspecified atom stereocenters. The molecule has 1 heterocycles. The Labute approximate surface area is 104 Å². The topological polar surface area (TPSA) is 88.6 Å². The lowest BCUT2D eigenvalue weighted by Gasteiger charge is -2.05. The predicted octanol–water partition coefficient (Wildman–Crippen LogP) is 2.25. The maximum atomic E-state index is 9.68. The van der Waals surface area contributed by atoms with Gasteiger partial charge in [-0.2, -0.15) is 4.98 Å². The second-order valence-corrected chi connectivity index (χ2v) is 3.73. The van der Waals surface area contributed by atoms with Crippen LogP contribution in [0.5, 0.6) is 11.5 Å². The predicted molar refractivity (Wildman–Crippen MR) is 63.1 cm³/mol. The highest BCUT2D eigenvalue weighted by Crippen LogP contribution is 2.36. The Balaban J connectivity index is 2.35. The lowest BCUT2D eigenvalue weighted by Crippen LogP contribution is -2.01. The number of phenols is 2. The van der Waals surface area contributed by atoms with E-state index in [1.807, 2.05) is 6.92 Å². The van der Waals surface area contributed by atoms with Crippen LogP contribution in [0.3, 0.4) is 0 Å². The van der Waals surface area contributed by atoms with Crippen molar-refractivity contribution in [2.24, 2.45) is 0 Å². The van der Waals surface area contributed by atoms with Crippen molar-refractivity contribution in [2.45, 2.75) is 20.0 Å². The summed E-state index contributed by atoms with van der Waals surface area (Å²) < 4.78 is 10.3. The molecule has 0 aliphatic carbocycles. The second-order valence-electron chi connectivity index (χ2n) is 3.73. The van der Waals surface area contributed by atoms with Gasteiger partial charge in [0, 0.05) is 6.61 Å². The van der Waals surface area contributed by atoms with Gasteiger partial charge in [0.25, 0.3) is 5.89 Å². The first kappa shape index (κ1) is 12.4. The third-order valence-electron chi connectivity index (χ3n) is 2.46. The molecule has 6 heteroatoms. The van der Waals surface area contributed by atoms with Gasteiger partial charge in [0.15, 0.2) is 0 Å². The Kier molecular flexibility index (Phi) is 3.47. The molecule has 0 bridgehead atoms. The van der Waals surface area contributed by atoms with E-state index in [9.17, 15) is 10.2 Å². The fraction of sp³-hybridized carbons (Fsp3) is 0.333. The van der Waals surface area contributed by atoms with E-state index < -0.39 is 0 Å². The smallest absolute Gasteiger partial charge is 0.265 e. The maximum absolute atomic E-state index is 9.68. The molecular weight excluding hydrogens is 236 g/mol. The van der Waals surface area contributed by atoms with E-state index in [2.05, 4.69) is 10.1 Å². The monoisotopic (exact) mass is 250 g/mol. The van der Waals surface area contributed by atoms with Crippen LogP contribution in [0.2, 0.25) is 0 Å². The maximum Gasteiger partial charge on any atom is 0.265 e. The molecular formula is C12H14N2O4. The molecule has 1 aromatic carbocycles. The first-order chi connectivity index (χ1) is 8.63. The van der Waals surface area contributed by atoms with E-state index in [-0.39, 0.29) is 29.1 Å². The van der Waals surface area contributed by atoms with E-state index >= 15 is 0 Å². The largest absolute Gasteiger partial charge is 0.507 e. The third-order valence-corrected chi connectivity index (χ3v) is 2.46. The van der Waals surface area contributed by atoms with Gasteiger partial charge in [-0.3, -0.25) is 0 Å². The van der Waals surface area contributed by atoms with Crippen molar-refractivity contribution in [3.63, 3.8) is 0 Å². The van der Waals surface area contributed by atoms with Gasteiger partial charge in [-0.1, -0.05) is 11.2 Å². The molecule has 0 aliphatic heterocycles. The van der Waals surface area contributed by atoms with Crippen molar-refractivity contribution in [3.05, 3.63) is 24.0 Å². The summed E-state index contributed by atoms with van der Waals surface area (Å²) in [5, 5.41) is 23.1. The van der Waals surface area contributed by atoms with Crippen LogP contribution in [0.4, 0.5) is 0 Å². The van der Waals surface area contributed by atoms with Crippen molar-refractivity contribution in [1.29, 1.82) is 0 Å². The molecule has 1 atom stereocenters. The Morgan fingerprint density at radius 1 is 1.33 bits per heavy atom. The van der Waals surface area contributed by atoms with Crippen molar-refractivity contribution >= 4 is 0 Å². The minimum absolute atomic E-state index is 0.0622. The van der Waals surface area contributed by atoms with Gasteiger partial charge < -0.3 is 19.5 Å². The van der Waals surface area contributed by atoms with Gasteiger partial charge in [-0.05, 0) is 26.0 Å². The van der Waals surface area contributed by atoms with Crippen LogP contribution in [-0.2, 0) is 4.74 Å². The SMILES string of the molecule is CCOC(C)c1noc(-c2c(O)cccc2O)n1. The number of aromatic hydroxyl groups is 2. The summed E-state index contributed by atoms with van der Waals surface area (Å²) in [6.07, 6.45) is -0.305. The molecule has 0 amide bonds. The number of hydrogen-bond donors (Lipinski definition) is 2. The van der Waals surface area contributed by atoms with Gasteiger partial charge in [0.05, 0.1) is 0 Å². The van der Waals surface area contributed by atoms with Crippen molar-refractivity contribution < 1.29 is 19.5 Å². The van der Waals surface area contributed by atoms with E-state index in [0.29, 0.717) is 12.4 Å². The lowest BCUT2D eigenvalue weighted by molar-refractivity contribution is 0.0683. The highest BCUT2D eigenvalue weighted by molar-refractivity contribution is 5.69. The van der Waals surface area contributed by atoms with Gasteiger partial charge >= 0.3 is 0 Å². The molecule has 0 spiro atoms. The molecule has 18 heavy (non-hydrogen) atoms. The van der Waals surface area contributed by atoms with Crippen LogP contribution in [0.15, 0.2) is 22.7 Å². The first-order valence-electron chi connectivity index (χ1n) is 5.60. The van der Waals surface area contributed by atoms with Gasteiger partial charge in [0.2, 0.25) is 5.82 Å². The molecule has 6 nitrogen and oxygen atoms in total. The van der Waals surface area contributed by atoms with Crippen LogP contribution in [0.25, 0.3) is 11.5 Å². The van der Waals surface area contributed by atoms with Crippen LogP contribution in [0, 0.1) is 0 Å². The van der Waals surface area contributed by atoms with Crippen LogP contribution >= 0.6 is 0 Å². The van der Waals surface area contributed by atoms with Crippen LogP contribution in [-0.4, -0.2) is 27.0 Å². The minimum Gasteiger partial charge on any atom is -0.507 e. The van der Waals surface area contributed by atoms with E-state index in [0.717, 1.165) is 0 Å². The normalized spacial score (nSPS) is 12.6. The molecule has 0 saturated carbocycles. The van der Waals surface area contributed by atoms with Gasteiger partial charge in [-0.25, -0.2) is 0 Å². The number of ether oxygens (including phenoxy) is 1. The Morgan fingerprint density at radius 3 is 2.61 bits per heavy atom. The van der Waals surface area contributed by atoms with Crippen molar-refractivity contribution in [1.82, 2.24) is 10.1 Å². The van der Waals surface area contributed by atoms with E-state index in [1.165, 1.54) is 18.2 Å². The van der Waals surface area contributed by atoms with Crippen molar-refractivity contribution in [3.8, 4) is 23.0 Å². The average molecular weight is 250 g/mol. The summed E-state index contributed by atoms with van der Waals surface area (Å²) >= 11 is 0. The molecule has 96 valence electrons. The highest BCUT2D eigenvalue weighted by atomic mass is 16.5. The fourth-order valence-electron chi connectivity index (χ4n) is 1.57.